The van der Waals surface area contributed by atoms with Crippen molar-refractivity contribution in [2.24, 2.45) is 11.8 Å². The summed E-state index contributed by atoms with van der Waals surface area (Å²) in [7, 11) is 0. The van der Waals surface area contributed by atoms with Crippen molar-refractivity contribution in [3.8, 4) is 0 Å². The molecule has 1 N–H and O–H groups in total. The molecule has 1 unspecified atom stereocenters. The molecule has 4 aliphatic rings. The number of hydrogen-bond donors (Lipinski definition) is 1. The summed E-state index contributed by atoms with van der Waals surface area (Å²) in [6.07, 6.45) is 9.56. The molecule has 0 radical (unpaired) electrons. The first kappa shape index (κ1) is 25.9. The number of aryl methyl sites for hydroxylation is 1. The van der Waals surface area contributed by atoms with Crippen molar-refractivity contribution >= 4 is 35.1 Å². The molecule has 4 aliphatic heterocycles. The number of benzene rings is 1. The molecule has 0 aliphatic carbocycles. The predicted molar refractivity (Wildman–Crippen MR) is 138 cm³/mol. The molecule has 1 aromatic rings. The van der Waals surface area contributed by atoms with Crippen molar-refractivity contribution in [1.82, 2.24) is 4.90 Å². The third-order valence-electron chi connectivity index (χ3n) is 8.07. The number of amides is 2. The van der Waals surface area contributed by atoms with Crippen molar-refractivity contribution in [2.75, 3.05) is 24.7 Å². The highest BCUT2D eigenvalue weighted by Gasteiger charge is 2.72. The van der Waals surface area contributed by atoms with Crippen LogP contribution in [0, 0.1) is 18.8 Å². The number of esters is 1. The zero-order valence-electron chi connectivity index (χ0n) is 21.1. The summed E-state index contributed by atoms with van der Waals surface area (Å²) in [6, 6.07) is 3.74. The maximum absolute atomic E-state index is 14.4. The van der Waals surface area contributed by atoms with E-state index in [9.17, 15) is 19.5 Å². The molecule has 0 aromatic heterocycles. The molecule has 0 saturated carbocycles. The largest absolute Gasteiger partial charge is 0.465 e. The highest BCUT2D eigenvalue weighted by atomic mass is 35.5. The van der Waals surface area contributed by atoms with Gasteiger partial charge in [-0.2, -0.15) is 0 Å². The number of ether oxygens (including phenoxy) is 2. The number of aliphatic hydroxyl groups excluding tert-OH is 1. The molecule has 2 fully saturated rings. The smallest absolute Gasteiger partial charge is 0.312 e. The molecule has 8 nitrogen and oxygen atoms in total. The summed E-state index contributed by atoms with van der Waals surface area (Å²) in [6.45, 7) is 3.92. The van der Waals surface area contributed by atoms with Gasteiger partial charge in [-0.15, -0.1) is 0 Å². The second-order valence-electron chi connectivity index (χ2n) is 10.2. The van der Waals surface area contributed by atoms with Gasteiger partial charge in [0.15, 0.2) is 0 Å². The molecule has 2 saturated heterocycles. The van der Waals surface area contributed by atoms with E-state index in [0.717, 1.165) is 24.8 Å². The number of carbonyl (C=O) groups is 3. The van der Waals surface area contributed by atoms with Gasteiger partial charge in [0, 0.05) is 6.54 Å². The van der Waals surface area contributed by atoms with E-state index >= 15 is 0 Å². The lowest BCUT2D eigenvalue weighted by Crippen LogP contribution is -2.58. The average molecular weight is 529 g/mol. The Morgan fingerprint density at radius 2 is 2.00 bits per heavy atom. The summed E-state index contributed by atoms with van der Waals surface area (Å²) in [5.74, 6) is -3.07. The molecule has 0 bridgehead atoms. The monoisotopic (exact) mass is 528 g/mol. The number of nitrogens with zero attached hydrogens (tertiary/aromatic N) is 2. The fourth-order valence-corrected chi connectivity index (χ4v) is 6.65. The third-order valence-corrected chi connectivity index (χ3v) is 8.38. The number of likely N-dealkylation sites (tertiary alicyclic amines) is 1. The summed E-state index contributed by atoms with van der Waals surface area (Å²) in [5.41, 5.74) is 0.00724. The fourth-order valence-electron chi connectivity index (χ4n) is 6.33. The first-order valence-corrected chi connectivity index (χ1v) is 13.4. The Labute approximate surface area is 221 Å². The molecular formula is C28H33ClN2O6. The van der Waals surface area contributed by atoms with Crippen molar-refractivity contribution in [3.05, 3.63) is 53.1 Å². The fraction of sp³-hybridized carbons (Fsp3) is 0.536. The van der Waals surface area contributed by atoms with Crippen molar-refractivity contribution in [3.63, 3.8) is 0 Å². The van der Waals surface area contributed by atoms with E-state index in [1.807, 2.05) is 44.2 Å². The maximum Gasteiger partial charge on any atom is 0.312 e. The van der Waals surface area contributed by atoms with Gasteiger partial charge in [0.1, 0.15) is 17.6 Å². The maximum atomic E-state index is 14.4. The highest BCUT2D eigenvalue weighted by molar-refractivity contribution is 6.34. The predicted octanol–water partition coefficient (Wildman–Crippen LogP) is 3.19. The van der Waals surface area contributed by atoms with E-state index < -0.39 is 41.6 Å². The molecule has 2 amide bonds. The van der Waals surface area contributed by atoms with Crippen LogP contribution in [0.25, 0.3) is 0 Å². The van der Waals surface area contributed by atoms with Crippen LogP contribution in [0.5, 0.6) is 0 Å². The number of hydrogen-bond acceptors (Lipinski definition) is 6. The van der Waals surface area contributed by atoms with Gasteiger partial charge in [0.2, 0.25) is 5.91 Å². The van der Waals surface area contributed by atoms with Gasteiger partial charge >= 0.3 is 5.97 Å². The Morgan fingerprint density at radius 3 is 2.73 bits per heavy atom. The van der Waals surface area contributed by atoms with Crippen LogP contribution in [0.1, 0.15) is 38.2 Å². The number of fused-ring (bicyclic) bond motifs is 2. The number of anilines is 1. The average Bonchev–Trinajstić information content (AvgIpc) is 3.26. The minimum Gasteiger partial charge on any atom is -0.465 e. The van der Waals surface area contributed by atoms with Crippen molar-refractivity contribution in [1.29, 1.82) is 0 Å². The van der Waals surface area contributed by atoms with E-state index in [0.29, 0.717) is 17.1 Å². The number of cyclic esters (lactones) is 1. The molecule has 1 spiro atoms. The van der Waals surface area contributed by atoms with Crippen LogP contribution in [0.3, 0.4) is 0 Å². The summed E-state index contributed by atoms with van der Waals surface area (Å²) in [4.78, 5) is 45.0. The molecule has 6 atom stereocenters. The van der Waals surface area contributed by atoms with Gasteiger partial charge in [-0.3, -0.25) is 14.4 Å². The van der Waals surface area contributed by atoms with Crippen LogP contribution in [0.4, 0.5) is 5.69 Å². The van der Waals surface area contributed by atoms with Crippen LogP contribution in [-0.4, -0.2) is 71.3 Å². The Bertz CT molecular complexity index is 1130. The number of carbonyl (C=O) groups excluding carboxylic acids is 3. The zero-order valence-corrected chi connectivity index (χ0v) is 21.9. The lowest BCUT2D eigenvalue weighted by atomic mass is 9.78. The van der Waals surface area contributed by atoms with Crippen LogP contribution >= 0.6 is 11.6 Å². The highest BCUT2D eigenvalue weighted by Crippen LogP contribution is 2.54. The normalized spacial score (nSPS) is 33.4. The van der Waals surface area contributed by atoms with E-state index in [2.05, 4.69) is 0 Å². The molecule has 9 heteroatoms. The summed E-state index contributed by atoms with van der Waals surface area (Å²) >= 11 is 6.56. The summed E-state index contributed by atoms with van der Waals surface area (Å²) in [5, 5.41) is 10.6. The lowest BCUT2D eigenvalue weighted by molar-refractivity contribution is -0.155. The lowest BCUT2D eigenvalue weighted by Gasteiger charge is -2.38. The number of para-hydroxylation sites is 1. The van der Waals surface area contributed by atoms with Gasteiger partial charge in [0.25, 0.3) is 5.91 Å². The quantitative estimate of drug-likeness (QED) is 0.476. The van der Waals surface area contributed by atoms with E-state index in [4.69, 9.17) is 21.1 Å². The van der Waals surface area contributed by atoms with Gasteiger partial charge in [-0.25, -0.2) is 0 Å². The van der Waals surface area contributed by atoms with Crippen LogP contribution in [0.2, 0.25) is 5.02 Å². The second kappa shape index (κ2) is 10.2. The van der Waals surface area contributed by atoms with Crippen molar-refractivity contribution < 1.29 is 29.0 Å². The summed E-state index contributed by atoms with van der Waals surface area (Å²) < 4.78 is 12.2. The Hall–Kier alpha value is -2.68. The van der Waals surface area contributed by atoms with E-state index in [1.165, 1.54) is 4.90 Å². The Morgan fingerprint density at radius 1 is 1.19 bits per heavy atom. The molecule has 5 rings (SSSR count). The van der Waals surface area contributed by atoms with Gasteiger partial charge < -0.3 is 24.4 Å². The minimum absolute atomic E-state index is 0.227. The Kier molecular flexibility index (Phi) is 7.18. The third kappa shape index (κ3) is 4.10. The first-order valence-electron chi connectivity index (χ1n) is 13.0. The minimum atomic E-state index is -1.38. The molecule has 4 heterocycles. The molecular weight excluding hydrogens is 496 g/mol. The zero-order chi connectivity index (χ0) is 26.3. The second-order valence-corrected chi connectivity index (χ2v) is 10.6. The number of aliphatic hydroxyl groups is 1. The van der Waals surface area contributed by atoms with Crippen molar-refractivity contribution in [2.45, 2.75) is 63.3 Å². The van der Waals surface area contributed by atoms with E-state index in [-0.39, 0.29) is 31.6 Å². The van der Waals surface area contributed by atoms with Gasteiger partial charge in [0.05, 0.1) is 42.0 Å². The van der Waals surface area contributed by atoms with Gasteiger partial charge in [-0.1, -0.05) is 55.0 Å². The SMILES string of the molecule is CC[C@@H](CO)N1C(=O)[C@@H]2[C@H]3C(=O)OCCCC/C=C\[C@H]3O[C@@]23C=CCN(c2c(C)cccc2Cl)C(=O)C13. The Balaban J connectivity index is 1.66. The number of rotatable bonds is 4. The van der Waals surface area contributed by atoms with E-state index in [1.54, 1.807) is 17.0 Å². The van der Waals surface area contributed by atoms with Crippen LogP contribution < -0.4 is 4.90 Å². The van der Waals surface area contributed by atoms with Crippen LogP contribution in [0.15, 0.2) is 42.5 Å². The topological polar surface area (TPSA) is 96.4 Å². The molecule has 198 valence electrons. The molecule has 37 heavy (non-hydrogen) atoms. The molecule has 1 aromatic carbocycles. The number of allylic oxidation sites excluding steroid dienone is 1. The van der Waals surface area contributed by atoms with Gasteiger partial charge in [-0.05, 0) is 44.2 Å². The van der Waals surface area contributed by atoms with Crippen LogP contribution in [-0.2, 0) is 23.9 Å². The number of halogens is 1. The standard InChI is InChI=1S/C28H33ClN2O6/c1-3-18(16-32)31-24-26(34)30(23-17(2)10-8-11-19(23)29)14-9-13-28(24)22(25(31)33)21-20(37-28)12-6-4-5-7-15-36-27(21)35/h6,8-13,18,20-22,24,32H,3-5,7,14-16H2,1-2H3/b12-6-/t18-,20+,21-,22-,24?,28-/m0/s1. The first-order chi connectivity index (χ1) is 17.9.